The quantitative estimate of drug-likeness (QED) is 0.903. The topological polar surface area (TPSA) is 83.2 Å². The van der Waals surface area contributed by atoms with Crippen LogP contribution in [0.3, 0.4) is 0 Å². The van der Waals surface area contributed by atoms with E-state index in [0.29, 0.717) is 12.4 Å². The number of nitrogens with two attached hydrogens (primary N) is 1. The van der Waals surface area contributed by atoms with E-state index in [1.807, 2.05) is 24.3 Å². The molecule has 1 heterocycles. The van der Waals surface area contributed by atoms with E-state index in [0.717, 1.165) is 12.0 Å². The Morgan fingerprint density at radius 3 is 2.53 bits per heavy atom. The number of methoxy groups -OCH3 is 1. The lowest BCUT2D eigenvalue weighted by molar-refractivity contribution is 0.202. The van der Waals surface area contributed by atoms with Crippen molar-refractivity contribution in [2.45, 2.75) is 6.42 Å². The van der Waals surface area contributed by atoms with Crippen LogP contribution in [0.25, 0.3) is 0 Å². The van der Waals surface area contributed by atoms with Gasteiger partial charge < -0.3 is 15.2 Å². The van der Waals surface area contributed by atoms with Gasteiger partial charge in [-0.25, -0.2) is 0 Å². The first-order valence-corrected chi connectivity index (χ1v) is 5.98. The Hall–Kier alpha value is -1.92. The molecule has 19 heavy (non-hydrogen) atoms. The summed E-state index contributed by atoms with van der Waals surface area (Å²) in [5.41, 5.74) is 6.61. The maximum atomic E-state index is 5.66. The second-order valence-corrected chi connectivity index (χ2v) is 4.07. The molecular formula is C12H13ClN4O2. The van der Waals surface area contributed by atoms with Crippen LogP contribution in [0.5, 0.6) is 11.8 Å². The van der Waals surface area contributed by atoms with Gasteiger partial charge in [-0.15, -0.1) is 0 Å². The fourth-order valence-corrected chi connectivity index (χ4v) is 1.60. The number of benzene rings is 1. The molecule has 0 amide bonds. The van der Waals surface area contributed by atoms with Crippen LogP contribution in [0.4, 0.5) is 5.95 Å². The number of ether oxygens (including phenoxy) is 2. The molecule has 2 N–H and O–H groups in total. The second-order valence-electron chi connectivity index (χ2n) is 3.73. The van der Waals surface area contributed by atoms with Crippen molar-refractivity contribution in [3.05, 3.63) is 35.1 Å². The van der Waals surface area contributed by atoms with Crippen LogP contribution in [0, 0.1) is 0 Å². The van der Waals surface area contributed by atoms with Gasteiger partial charge in [0, 0.05) is 7.11 Å². The van der Waals surface area contributed by atoms with E-state index < -0.39 is 0 Å². The Balaban J connectivity index is 2.06. The molecule has 1 aromatic heterocycles. The highest BCUT2D eigenvalue weighted by molar-refractivity contribution is 6.28. The summed E-state index contributed by atoms with van der Waals surface area (Å²) in [5.74, 6) is 0.620. The number of hydrogen-bond acceptors (Lipinski definition) is 6. The third-order valence-electron chi connectivity index (χ3n) is 2.33. The molecule has 0 aliphatic heterocycles. The average molecular weight is 281 g/mol. The third-order valence-corrected chi connectivity index (χ3v) is 2.50. The molecule has 2 rings (SSSR count). The number of rotatable bonds is 5. The molecular weight excluding hydrogens is 268 g/mol. The summed E-state index contributed by atoms with van der Waals surface area (Å²) < 4.78 is 10.5. The molecule has 0 atom stereocenters. The minimum atomic E-state index is -0.000727. The Bertz CT molecular complexity index is 528. The minimum Gasteiger partial charge on any atom is -0.424 e. The fraction of sp³-hybridized carbons (Fsp3) is 0.250. The number of nitrogen functional groups attached to an aromatic ring is 1. The van der Waals surface area contributed by atoms with Gasteiger partial charge in [0.2, 0.25) is 11.2 Å². The number of halogens is 1. The lowest BCUT2D eigenvalue weighted by Gasteiger charge is -2.05. The number of nitrogens with zero attached hydrogens (tertiary/aromatic N) is 3. The molecule has 0 aliphatic rings. The van der Waals surface area contributed by atoms with Crippen LogP contribution in [-0.4, -0.2) is 28.7 Å². The summed E-state index contributed by atoms with van der Waals surface area (Å²) in [5, 5.41) is -0.000727. The Morgan fingerprint density at radius 2 is 1.89 bits per heavy atom. The molecule has 7 heteroatoms. The summed E-state index contributed by atoms with van der Waals surface area (Å²) in [6.45, 7) is 0.680. The van der Waals surface area contributed by atoms with Gasteiger partial charge >= 0.3 is 6.01 Å². The van der Waals surface area contributed by atoms with Gasteiger partial charge in [0.15, 0.2) is 0 Å². The van der Waals surface area contributed by atoms with E-state index in [4.69, 9.17) is 26.8 Å². The summed E-state index contributed by atoms with van der Waals surface area (Å²) in [6.07, 6.45) is 0.849. The third kappa shape index (κ3) is 4.04. The first kappa shape index (κ1) is 13.5. The zero-order chi connectivity index (χ0) is 13.7. The standard InChI is InChI=1S/C12H13ClN4O2/c1-18-7-6-8-2-4-9(5-3-8)19-12-16-10(13)15-11(14)17-12/h2-5H,6-7H2,1H3,(H2,14,15,16,17). The average Bonchev–Trinajstić information content (AvgIpc) is 2.37. The van der Waals surface area contributed by atoms with Gasteiger partial charge in [-0.3, -0.25) is 0 Å². The molecule has 1 aromatic carbocycles. The molecule has 0 unspecified atom stereocenters. The predicted molar refractivity (Wildman–Crippen MR) is 71.3 cm³/mol. The van der Waals surface area contributed by atoms with Crippen molar-refractivity contribution in [3.8, 4) is 11.8 Å². The van der Waals surface area contributed by atoms with E-state index >= 15 is 0 Å². The van der Waals surface area contributed by atoms with Gasteiger partial charge in [-0.2, -0.15) is 15.0 Å². The van der Waals surface area contributed by atoms with Crippen molar-refractivity contribution in [1.82, 2.24) is 15.0 Å². The summed E-state index contributed by atoms with van der Waals surface area (Å²) in [4.78, 5) is 11.3. The first-order chi connectivity index (χ1) is 9.17. The summed E-state index contributed by atoms with van der Waals surface area (Å²) in [7, 11) is 1.67. The Kier molecular flexibility index (Phi) is 4.48. The van der Waals surface area contributed by atoms with Crippen molar-refractivity contribution in [3.63, 3.8) is 0 Å². The largest absolute Gasteiger partial charge is 0.424 e. The van der Waals surface area contributed by atoms with Gasteiger partial charge in [0.05, 0.1) is 6.61 Å². The molecule has 0 saturated carbocycles. The molecule has 100 valence electrons. The van der Waals surface area contributed by atoms with E-state index in [2.05, 4.69) is 15.0 Å². The van der Waals surface area contributed by atoms with E-state index in [9.17, 15) is 0 Å². The predicted octanol–water partition coefficient (Wildman–Crippen LogP) is 2.09. The van der Waals surface area contributed by atoms with Gasteiger partial charge in [-0.05, 0) is 35.7 Å². The maximum absolute atomic E-state index is 5.66. The van der Waals surface area contributed by atoms with Crippen LogP contribution in [0.1, 0.15) is 5.56 Å². The van der Waals surface area contributed by atoms with Crippen LogP contribution >= 0.6 is 11.6 Å². The number of hydrogen-bond donors (Lipinski definition) is 1. The summed E-state index contributed by atoms with van der Waals surface area (Å²) in [6, 6.07) is 7.60. The molecule has 0 radical (unpaired) electrons. The van der Waals surface area contributed by atoms with Crippen molar-refractivity contribution in [1.29, 1.82) is 0 Å². The molecule has 0 bridgehead atoms. The van der Waals surface area contributed by atoms with Crippen molar-refractivity contribution in [2.24, 2.45) is 0 Å². The van der Waals surface area contributed by atoms with Crippen LogP contribution in [0.2, 0.25) is 5.28 Å². The van der Waals surface area contributed by atoms with Crippen molar-refractivity contribution >= 4 is 17.5 Å². The van der Waals surface area contributed by atoms with Crippen LogP contribution in [0.15, 0.2) is 24.3 Å². The van der Waals surface area contributed by atoms with E-state index in [1.165, 1.54) is 0 Å². The van der Waals surface area contributed by atoms with Crippen LogP contribution in [-0.2, 0) is 11.2 Å². The molecule has 6 nitrogen and oxygen atoms in total. The highest BCUT2D eigenvalue weighted by Gasteiger charge is 2.05. The fourth-order valence-electron chi connectivity index (χ4n) is 1.44. The van der Waals surface area contributed by atoms with Crippen LogP contribution < -0.4 is 10.5 Å². The van der Waals surface area contributed by atoms with Crippen molar-refractivity contribution < 1.29 is 9.47 Å². The SMILES string of the molecule is COCCc1ccc(Oc2nc(N)nc(Cl)n2)cc1. The molecule has 0 spiro atoms. The highest BCUT2D eigenvalue weighted by Crippen LogP contribution is 2.19. The zero-order valence-electron chi connectivity index (χ0n) is 10.3. The normalized spacial score (nSPS) is 10.4. The number of aromatic nitrogens is 3. The van der Waals surface area contributed by atoms with Crippen molar-refractivity contribution in [2.75, 3.05) is 19.5 Å². The van der Waals surface area contributed by atoms with E-state index in [1.54, 1.807) is 7.11 Å². The first-order valence-electron chi connectivity index (χ1n) is 5.60. The van der Waals surface area contributed by atoms with Gasteiger partial charge in [-0.1, -0.05) is 12.1 Å². The lowest BCUT2D eigenvalue weighted by Crippen LogP contribution is -2.00. The molecule has 0 fully saturated rings. The molecule has 0 saturated heterocycles. The monoisotopic (exact) mass is 280 g/mol. The van der Waals surface area contributed by atoms with Gasteiger partial charge in [0.1, 0.15) is 5.75 Å². The molecule has 0 aliphatic carbocycles. The Morgan fingerprint density at radius 1 is 1.16 bits per heavy atom. The second kappa shape index (κ2) is 6.31. The smallest absolute Gasteiger partial charge is 0.328 e. The lowest BCUT2D eigenvalue weighted by atomic mass is 10.1. The zero-order valence-corrected chi connectivity index (χ0v) is 11.1. The molecule has 2 aromatic rings. The maximum Gasteiger partial charge on any atom is 0.328 e. The van der Waals surface area contributed by atoms with Gasteiger partial charge in [0.25, 0.3) is 0 Å². The Labute approximate surface area is 115 Å². The number of anilines is 1. The minimum absolute atomic E-state index is 0.000727. The van der Waals surface area contributed by atoms with E-state index in [-0.39, 0.29) is 17.2 Å². The highest BCUT2D eigenvalue weighted by atomic mass is 35.5. The summed E-state index contributed by atoms with van der Waals surface area (Å²) >= 11 is 5.66.